The van der Waals surface area contributed by atoms with Crippen LogP contribution in [0.2, 0.25) is 0 Å². The molecule has 0 aromatic heterocycles. The molecule has 0 saturated carbocycles. The Kier molecular flexibility index (Phi) is 5.89. The number of hydrogen-bond donors (Lipinski definition) is 2. The summed E-state index contributed by atoms with van der Waals surface area (Å²) in [6, 6.07) is 6.31. The fourth-order valence-electron chi connectivity index (χ4n) is 2.37. The van der Waals surface area contributed by atoms with Gasteiger partial charge in [0.2, 0.25) is 5.91 Å². The molecular formula is C17H26N2O2S. The van der Waals surface area contributed by atoms with E-state index in [4.69, 9.17) is 4.74 Å². The second-order valence-electron chi connectivity index (χ2n) is 6.67. The van der Waals surface area contributed by atoms with Gasteiger partial charge in [0.25, 0.3) is 0 Å². The molecule has 122 valence electrons. The van der Waals surface area contributed by atoms with Gasteiger partial charge in [-0.2, -0.15) is 0 Å². The minimum atomic E-state index is 0.0299. The van der Waals surface area contributed by atoms with Crippen LogP contribution in [0.25, 0.3) is 0 Å². The third-order valence-electron chi connectivity index (χ3n) is 3.33. The van der Waals surface area contributed by atoms with Crippen molar-refractivity contribution in [1.82, 2.24) is 5.32 Å². The molecule has 4 nitrogen and oxygen atoms in total. The van der Waals surface area contributed by atoms with Gasteiger partial charge in [-0.05, 0) is 30.7 Å². The normalized spacial score (nSPS) is 19.0. The van der Waals surface area contributed by atoms with Gasteiger partial charge < -0.3 is 15.4 Å². The lowest BCUT2D eigenvalue weighted by atomic mass is 10.1. The van der Waals surface area contributed by atoms with E-state index in [-0.39, 0.29) is 16.7 Å². The van der Waals surface area contributed by atoms with Gasteiger partial charge in [0.1, 0.15) is 0 Å². The van der Waals surface area contributed by atoms with Crippen LogP contribution in [-0.2, 0) is 9.53 Å². The van der Waals surface area contributed by atoms with Crippen LogP contribution in [0, 0.1) is 6.92 Å². The Hall–Kier alpha value is -1.04. The molecule has 1 atom stereocenters. The van der Waals surface area contributed by atoms with Crippen molar-refractivity contribution < 1.29 is 9.53 Å². The summed E-state index contributed by atoms with van der Waals surface area (Å²) >= 11 is 1.83. The standard InChI is InChI=1S/C17H26N2O2S/c1-12-9-14(22-17(2,3)4)5-6-15(12)19-16(20)10-13-11-21-8-7-18-13/h5-6,9,13,18H,7-8,10-11H2,1-4H3,(H,19,20). The van der Waals surface area contributed by atoms with Crippen LogP contribution in [-0.4, -0.2) is 36.5 Å². The lowest BCUT2D eigenvalue weighted by Gasteiger charge is -2.23. The highest BCUT2D eigenvalue weighted by Crippen LogP contribution is 2.33. The maximum Gasteiger partial charge on any atom is 0.226 e. The maximum atomic E-state index is 12.1. The van der Waals surface area contributed by atoms with Gasteiger partial charge in [0.15, 0.2) is 0 Å². The molecule has 1 aliphatic heterocycles. The molecular weight excluding hydrogens is 296 g/mol. The van der Waals surface area contributed by atoms with Gasteiger partial charge in [-0.25, -0.2) is 0 Å². The largest absolute Gasteiger partial charge is 0.378 e. The SMILES string of the molecule is Cc1cc(SC(C)(C)C)ccc1NC(=O)CC1COCCN1. The highest BCUT2D eigenvalue weighted by Gasteiger charge is 2.18. The Morgan fingerprint density at radius 2 is 2.23 bits per heavy atom. The number of carbonyl (C=O) groups is 1. The molecule has 0 aliphatic carbocycles. The first-order valence-electron chi connectivity index (χ1n) is 7.74. The predicted octanol–water partition coefficient (Wildman–Crippen LogP) is 3.20. The van der Waals surface area contributed by atoms with E-state index >= 15 is 0 Å². The summed E-state index contributed by atoms with van der Waals surface area (Å²) < 4.78 is 5.56. The molecule has 2 N–H and O–H groups in total. The molecule has 0 bridgehead atoms. The number of carbonyl (C=O) groups excluding carboxylic acids is 1. The number of ether oxygens (including phenoxy) is 1. The average Bonchev–Trinajstić information content (AvgIpc) is 2.41. The van der Waals surface area contributed by atoms with Crippen molar-refractivity contribution in [3.8, 4) is 0 Å². The summed E-state index contributed by atoms with van der Waals surface area (Å²) in [4.78, 5) is 13.4. The van der Waals surface area contributed by atoms with Crippen molar-refractivity contribution in [2.24, 2.45) is 0 Å². The fourth-order valence-corrected chi connectivity index (χ4v) is 3.45. The zero-order valence-electron chi connectivity index (χ0n) is 13.9. The summed E-state index contributed by atoms with van der Waals surface area (Å²) in [5.74, 6) is 0.0299. The van der Waals surface area contributed by atoms with E-state index in [9.17, 15) is 4.79 Å². The molecule has 0 radical (unpaired) electrons. The van der Waals surface area contributed by atoms with E-state index in [2.05, 4.69) is 43.5 Å². The number of rotatable bonds is 4. The Labute approximate surface area is 137 Å². The van der Waals surface area contributed by atoms with Crippen molar-refractivity contribution >= 4 is 23.4 Å². The number of hydrogen-bond acceptors (Lipinski definition) is 4. The first-order chi connectivity index (χ1) is 10.3. The van der Waals surface area contributed by atoms with Crippen molar-refractivity contribution in [1.29, 1.82) is 0 Å². The van der Waals surface area contributed by atoms with Gasteiger partial charge in [0.05, 0.1) is 13.2 Å². The van der Waals surface area contributed by atoms with Crippen LogP contribution in [0.4, 0.5) is 5.69 Å². The monoisotopic (exact) mass is 322 g/mol. The highest BCUT2D eigenvalue weighted by molar-refractivity contribution is 8.00. The first-order valence-corrected chi connectivity index (χ1v) is 8.56. The van der Waals surface area contributed by atoms with Gasteiger partial charge in [-0.1, -0.05) is 20.8 Å². The maximum absolute atomic E-state index is 12.1. The van der Waals surface area contributed by atoms with Gasteiger partial charge >= 0.3 is 0 Å². The Balaban J connectivity index is 1.93. The molecule has 1 unspecified atom stereocenters. The van der Waals surface area contributed by atoms with Crippen molar-refractivity contribution in [3.63, 3.8) is 0 Å². The first kappa shape index (κ1) is 17.3. The van der Waals surface area contributed by atoms with Crippen LogP contribution in [0.15, 0.2) is 23.1 Å². The van der Waals surface area contributed by atoms with Gasteiger partial charge in [-0.3, -0.25) is 4.79 Å². The van der Waals surface area contributed by atoms with Crippen molar-refractivity contribution in [3.05, 3.63) is 23.8 Å². The van der Waals surface area contributed by atoms with Crippen molar-refractivity contribution in [2.45, 2.75) is 49.8 Å². The molecule has 1 aromatic rings. The second-order valence-corrected chi connectivity index (χ2v) is 8.57. The number of thioether (sulfide) groups is 1. The van der Waals surface area contributed by atoms with Crippen LogP contribution >= 0.6 is 11.8 Å². The van der Waals surface area contributed by atoms with E-state index < -0.39 is 0 Å². The lowest BCUT2D eigenvalue weighted by Crippen LogP contribution is -2.43. The zero-order valence-corrected chi connectivity index (χ0v) is 14.7. The summed E-state index contributed by atoms with van der Waals surface area (Å²) in [6.07, 6.45) is 0.442. The quantitative estimate of drug-likeness (QED) is 0.836. The highest BCUT2D eigenvalue weighted by atomic mass is 32.2. The van der Waals surface area contributed by atoms with E-state index in [0.717, 1.165) is 24.4 Å². The molecule has 1 aromatic carbocycles. The summed E-state index contributed by atoms with van der Waals surface area (Å²) in [6.45, 7) is 10.8. The number of anilines is 1. The molecule has 1 amide bonds. The van der Waals surface area contributed by atoms with E-state index in [1.54, 1.807) is 0 Å². The summed E-state index contributed by atoms with van der Waals surface area (Å²) in [5.41, 5.74) is 1.98. The third-order valence-corrected chi connectivity index (χ3v) is 4.43. The molecule has 1 aliphatic rings. The minimum Gasteiger partial charge on any atom is -0.378 e. The topological polar surface area (TPSA) is 50.4 Å². The van der Waals surface area contributed by atoms with Crippen molar-refractivity contribution in [2.75, 3.05) is 25.1 Å². The van der Waals surface area contributed by atoms with Crippen LogP contribution < -0.4 is 10.6 Å². The van der Waals surface area contributed by atoms with Gasteiger partial charge in [-0.15, -0.1) is 11.8 Å². The van der Waals surface area contributed by atoms with Gasteiger partial charge in [0, 0.05) is 34.3 Å². The van der Waals surface area contributed by atoms with E-state index in [0.29, 0.717) is 13.0 Å². The fraction of sp³-hybridized carbons (Fsp3) is 0.588. The smallest absolute Gasteiger partial charge is 0.226 e. The van der Waals surface area contributed by atoms with E-state index in [1.807, 2.05) is 24.8 Å². The predicted molar refractivity (Wildman–Crippen MR) is 92.6 cm³/mol. The van der Waals surface area contributed by atoms with Crippen LogP contribution in [0.1, 0.15) is 32.8 Å². The average molecular weight is 322 g/mol. The Morgan fingerprint density at radius 3 is 2.82 bits per heavy atom. The molecule has 0 spiro atoms. The van der Waals surface area contributed by atoms with Crippen LogP contribution in [0.3, 0.4) is 0 Å². The van der Waals surface area contributed by atoms with Crippen LogP contribution in [0.5, 0.6) is 0 Å². The molecule has 1 fully saturated rings. The zero-order chi connectivity index (χ0) is 16.2. The molecule has 22 heavy (non-hydrogen) atoms. The molecule has 1 heterocycles. The summed E-state index contributed by atoms with van der Waals surface area (Å²) in [5, 5.41) is 6.30. The lowest BCUT2D eigenvalue weighted by molar-refractivity contribution is -0.117. The van der Waals surface area contributed by atoms with E-state index in [1.165, 1.54) is 4.90 Å². The number of amides is 1. The Bertz CT molecular complexity index is 520. The second kappa shape index (κ2) is 7.49. The summed E-state index contributed by atoms with van der Waals surface area (Å²) in [7, 11) is 0. The third kappa shape index (κ3) is 5.63. The molecule has 2 rings (SSSR count). The number of morpholine rings is 1. The number of nitrogens with one attached hydrogen (secondary N) is 2. The number of benzene rings is 1. The Morgan fingerprint density at radius 1 is 1.45 bits per heavy atom. The molecule has 1 saturated heterocycles. The number of aryl methyl sites for hydroxylation is 1. The molecule has 5 heteroatoms. The minimum absolute atomic E-state index is 0.0299.